The number of nitrogens with zero attached hydrogens (tertiary/aromatic N) is 2. The van der Waals surface area contributed by atoms with E-state index < -0.39 is 0 Å². The summed E-state index contributed by atoms with van der Waals surface area (Å²) >= 11 is 0. The summed E-state index contributed by atoms with van der Waals surface area (Å²) in [5.41, 5.74) is 0. The van der Waals surface area contributed by atoms with Crippen molar-refractivity contribution in [3.8, 4) is 0 Å². The number of nitrogens with one attached hydrogen (secondary N) is 1. The molecule has 3 unspecified atom stereocenters. The molecule has 3 heteroatoms. The van der Waals surface area contributed by atoms with Crippen LogP contribution in [0.25, 0.3) is 0 Å². The fourth-order valence-electron chi connectivity index (χ4n) is 3.43. The smallest absolute Gasteiger partial charge is 0.0197 e. The summed E-state index contributed by atoms with van der Waals surface area (Å²) < 4.78 is 0. The van der Waals surface area contributed by atoms with Crippen molar-refractivity contribution in [1.29, 1.82) is 0 Å². The van der Waals surface area contributed by atoms with E-state index in [4.69, 9.17) is 0 Å². The van der Waals surface area contributed by atoms with Crippen LogP contribution in [0, 0.1) is 11.8 Å². The van der Waals surface area contributed by atoms with Gasteiger partial charge in [0.2, 0.25) is 0 Å². The van der Waals surface area contributed by atoms with Crippen LogP contribution in [0.2, 0.25) is 0 Å². The van der Waals surface area contributed by atoms with Gasteiger partial charge in [0.25, 0.3) is 0 Å². The highest BCUT2D eigenvalue weighted by atomic mass is 15.2. The summed E-state index contributed by atoms with van der Waals surface area (Å²) in [5.74, 6) is 1.80. The molecule has 2 heterocycles. The van der Waals surface area contributed by atoms with E-state index in [0.717, 1.165) is 17.9 Å². The highest BCUT2D eigenvalue weighted by Gasteiger charge is 2.23. The summed E-state index contributed by atoms with van der Waals surface area (Å²) in [7, 11) is 4.53. The first-order valence-corrected chi connectivity index (χ1v) is 7.24. The Morgan fingerprint density at radius 3 is 2.76 bits per heavy atom. The molecular weight excluding hydrogens is 210 g/mol. The quantitative estimate of drug-likeness (QED) is 0.797. The maximum atomic E-state index is 3.66. The van der Waals surface area contributed by atoms with Gasteiger partial charge >= 0.3 is 0 Å². The molecule has 2 aliphatic heterocycles. The standard InChI is InChI=1S/C14H29N3/c1-12-4-6-15-14(8-12)11-17(3)10-13-5-7-16(2)9-13/h12-15H,4-11H2,1-3H3. The van der Waals surface area contributed by atoms with Gasteiger partial charge in [-0.25, -0.2) is 0 Å². The average molecular weight is 239 g/mol. The molecule has 2 rings (SSSR count). The van der Waals surface area contributed by atoms with Gasteiger partial charge in [-0.15, -0.1) is 0 Å². The van der Waals surface area contributed by atoms with Gasteiger partial charge in [-0.05, 0) is 58.3 Å². The molecule has 0 aliphatic carbocycles. The van der Waals surface area contributed by atoms with Crippen LogP contribution in [-0.4, -0.2) is 62.7 Å². The first-order valence-electron chi connectivity index (χ1n) is 7.24. The van der Waals surface area contributed by atoms with Gasteiger partial charge < -0.3 is 15.1 Å². The lowest BCUT2D eigenvalue weighted by atomic mass is 9.94. The largest absolute Gasteiger partial charge is 0.313 e. The summed E-state index contributed by atoms with van der Waals surface area (Å²) in [4.78, 5) is 5.00. The molecule has 0 bridgehead atoms. The highest BCUT2D eigenvalue weighted by molar-refractivity contribution is 4.81. The number of likely N-dealkylation sites (N-methyl/N-ethyl adjacent to an activating group) is 1. The molecule has 0 spiro atoms. The Bertz CT molecular complexity index is 232. The molecule has 0 saturated carbocycles. The predicted octanol–water partition coefficient (Wildman–Crippen LogP) is 1.26. The molecule has 100 valence electrons. The number of rotatable bonds is 4. The maximum Gasteiger partial charge on any atom is 0.0197 e. The zero-order chi connectivity index (χ0) is 12.3. The Hall–Kier alpha value is -0.120. The third kappa shape index (κ3) is 4.23. The van der Waals surface area contributed by atoms with Gasteiger partial charge in [-0.1, -0.05) is 6.92 Å². The van der Waals surface area contributed by atoms with E-state index in [1.54, 1.807) is 0 Å². The lowest BCUT2D eigenvalue weighted by molar-refractivity contribution is 0.212. The SMILES string of the molecule is CC1CCNC(CN(C)CC2CCN(C)C2)C1. The molecule has 17 heavy (non-hydrogen) atoms. The van der Waals surface area contributed by atoms with Crippen LogP contribution in [0.5, 0.6) is 0 Å². The van der Waals surface area contributed by atoms with Crippen molar-refractivity contribution in [3.05, 3.63) is 0 Å². The molecule has 1 N–H and O–H groups in total. The Morgan fingerprint density at radius 2 is 2.12 bits per heavy atom. The number of hydrogen-bond donors (Lipinski definition) is 1. The minimum atomic E-state index is 0.725. The van der Waals surface area contributed by atoms with Crippen molar-refractivity contribution in [2.75, 3.05) is 46.8 Å². The first kappa shape index (κ1) is 13.3. The van der Waals surface area contributed by atoms with E-state index in [9.17, 15) is 0 Å². The Morgan fingerprint density at radius 1 is 1.29 bits per heavy atom. The third-order valence-corrected chi connectivity index (χ3v) is 4.35. The summed E-state index contributed by atoms with van der Waals surface area (Å²) in [5, 5.41) is 3.66. The second-order valence-electron chi connectivity index (χ2n) is 6.42. The molecule has 0 aromatic rings. The molecule has 2 fully saturated rings. The van der Waals surface area contributed by atoms with Crippen LogP contribution in [-0.2, 0) is 0 Å². The van der Waals surface area contributed by atoms with E-state index in [-0.39, 0.29) is 0 Å². The fraction of sp³-hybridized carbons (Fsp3) is 1.00. The number of hydrogen-bond acceptors (Lipinski definition) is 3. The second kappa shape index (κ2) is 6.17. The molecule has 0 amide bonds. The first-order chi connectivity index (χ1) is 8.13. The van der Waals surface area contributed by atoms with Crippen LogP contribution in [0.4, 0.5) is 0 Å². The summed E-state index contributed by atoms with van der Waals surface area (Å²) in [6, 6.07) is 0.725. The second-order valence-corrected chi connectivity index (χ2v) is 6.42. The normalized spacial score (nSPS) is 35.6. The van der Waals surface area contributed by atoms with Crippen LogP contribution in [0.15, 0.2) is 0 Å². The van der Waals surface area contributed by atoms with Crippen molar-refractivity contribution < 1.29 is 0 Å². The molecule has 3 nitrogen and oxygen atoms in total. The van der Waals surface area contributed by atoms with Crippen molar-refractivity contribution in [1.82, 2.24) is 15.1 Å². The van der Waals surface area contributed by atoms with Crippen LogP contribution in [0.1, 0.15) is 26.2 Å². The minimum Gasteiger partial charge on any atom is -0.313 e. The van der Waals surface area contributed by atoms with E-state index in [1.165, 1.54) is 52.0 Å². The van der Waals surface area contributed by atoms with Gasteiger partial charge in [-0.2, -0.15) is 0 Å². The van der Waals surface area contributed by atoms with Crippen LogP contribution in [0.3, 0.4) is 0 Å². The Balaban J connectivity index is 1.67. The van der Waals surface area contributed by atoms with Gasteiger partial charge in [0.1, 0.15) is 0 Å². The van der Waals surface area contributed by atoms with E-state index in [2.05, 4.69) is 36.1 Å². The van der Waals surface area contributed by atoms with Crippen molar-refractivity contribution >= 4 is 0 Å². The van der Waals surface area contributed by atoms with Crippen molar-refractivity contribution in [2.45, 2.75) is 32.2 Å². The summed E-state index contributed by atoms with van der Waals surface area (Å²) in [6.45, 7) is 8.68. The fourth-order valence-corrected chi connectivity index (χ4v) is 3.43. The zero-order valence-corrected chi connectivity index (χ0v) is 11.8. The lowest BCUT2D eigenvalue weighted by Crippen LogP contribution is -2.45. The molecule has 2 saturated heterocycles. The zero-order valence-electron chi connectivity index (χ0n) is 11.8. The molecule has 0 radical (unpaired) electrons. The highest BCUT2D eigenvalue weighted by Crippen LogP contribution is 2.18. The average Bonchev–Trinajstić information content (AvgIpc) is 2.63. The maximum absolute atomic E-state index is 3.66. The molecule has 3 atom stereocenters. The topological polar surface area (TPSA) is 18.5 Å². The van der Waals surface area contributed by atoms with Crippen molar-refractivity contribution in [3.63, 3.8) is 0 Å². The van der Waals surface area contributed by atoms with Crippen LogP contribution >= 0.6 is 0 Å². The van der Waals surface area contributed by atoms with Gasteiger partial charge in [0, 0.05) is 25.7 Å². The van der Waals surface area contributed by atoms with Gasteiger partial charge in [-0.3, -0.25) is 0 Å². The van der Waals surface area contributed by atoms with Crippen molar-refractivity contribution in [2.24, 2.45) is 11.8 Å². The Kier molecular flexibility index (Phi) is 4.83. The van der Waals surface area contributed by atoms with Gasteiger partial charge in [0.15, 0.2) is 0 Å². The van der Waals surface area contributed by atoms with E-state index in [1.807, 2.05) is 0 Å². The molecule has 0 aromatic carbocycles. The molecular formula is C14H29N3. The van der Waals surface area contributed by atoms with E-state index in [0.29, 0.717) is 0 Å². The molecule has 0 aromatic heterocycles. The predicted molar refractivity (Wildman–Crippen MR) is 73.3 cm³/mol. The third-order valence-electron chi connectivity index (χ3n) is 4.35. The summed E-state index contributed by atoms with van der Waals surface area (Å²) in [6.07, 6.45) is 4.10. The van der Waals surface area contributed by atoms with Gasteiger partial charge in [0.05, 0.1) is 0 Å². The minimum absolute atomic E-state index is 0.725. The van der Waals surface area contributed by atoms with E-state index >= 15 is 0 Å². The monoisotopic (exact) mass is 239 g/mol. The lowest BCUT2D eigenvalue weighted by Gasteiger charge is -2.32. The molecule has 2 aliphatic rings. The van der Waals surface area contributed by atoms with Crippen LogP contribution < -0.4 is 5.32 Å². The number of likely N-dealkylation sites (tertiary alicyclic amines) is 1. The number of piperidine rings is 1. The Labute approximate surface area is 107 Å².